The highest BCUT2D eigenvalue weighted by Gasteiger charge is 2.29. The first-order chi connectivity index (χ1) is 10.6. The summed E-state index contributed by atoms with van der Waals surface area (Å²) in [5.41, 5.74) is 0.138. The maximum absolute atomic E-state index is 14.3. The summed E-state index contributed by atoms with van der Waals surface area (Å²) in [6, 6.07) is 5.36. The zero-order valence-electron chi connectivity index (χ0n) is 12.0. The first-order valence-electron chi connectivity index (χ1n) is 6.91. The molecule has 0 amide bonds. The lowest BCUT2D eigenvalue weighted by Crippen LogP contribution is -2.45. The Balaban J connectivity index is 0.00000192. The van der Waals surface area contributed by atoms with Gasteiger partial charge in [0, 0.05) is 36.6 Å². The topological polar surface area (TPSA) is 15.3 Å². The zero-order valence-corrected chi connectivity index (χ0v) is 14.4. The molecule has 0 spiro atoms. The monoisotopic (exact) mass is 382 g/mol. The van der Waals surface area contributed by atoms with Gasteiger partial charge in [0.25, 0.3) is 0 Å². The summed E-state index contributed by atoms with van der Waals surface area (Å²) in [6.45, 7) is 2.92. The highest BCUT2D eigenvalue weighted by Crippen LogP contribution is 2.37. The second-order valence-corrected chi connectivity index (χ2v) is 6.84. The minimum Gasteiger partial charge on any atom is -0.314 e. The number of nitrogens with zero attached hydrogens (tertiary/aromatic N) is 1. The highest BCUT2D eigenvalue weighted by atomic mass is 35.5. The van der Waals surface area contributed by atoms with E-state index >= 15 is 0 Å². The van der Waals surface area contributed by atoms with Gasteiger partial charge in [-0.2, -0.15) is 0 Å². The van der Waals surface area contributed by atoms with Crippen molar-refractivity contribution in [1.29, 1.82) is 0 Å². The predicted molar refractivity (Wildman–Crippen MR) is 89.2 cm³/mol. The van der Waals surface area contributed by atoms with Gasteiger partial charge in [-0.05, 0) is 18.2 Å². The maximum atomic E-state index is 14.3. The summed E-state index contributed by atoms with van der Waals surface area (Å²) >= 11 is 7.31. The molecular formula is C15H15Cl2F3N2S. The third-order valence-electron chi connectivity index (χ3n) is 3.74. The molecule has 1 aliphatic heterocycles. The number of benzene rings is 1. The summed E-state index contributed by atoms with van der Waals surface area (Å²) in [4.78, 5) is 2.87. The van der Waals surface area contributed by atoms with Crippen LogP contribution in [0.3, 0.4) is 0 Å². The third-order valence-corrected chi connectivity index (χ3v) is 5.02. The van der Waals surface area contributed by atoms with Crippen LogP contribution in [0, 0.1) is 17.5 Å². The molecule has 2 nitrogen and oxygen atoms in total. The minimum atomic E-state index is -1.43. The number of halogens is 5. The van der Waals surface area contributed by atoms with E-state index in [4.69, 9.17) is 11.6 Å². The van der Waals surface area contributed by atoms with Gasteiger partial charge >= 0.3 is 0 Å². The molecule has 3 rings (SSSR count). The van der Waals surface area contributed by atoms with Crippen molar-refractivity contribution in [3.8, 4) is 0 Å². The summed E-state index contributed by atoms with van der Waals surface area (Å²) in [6.07, 6.45) is 0. The Morgan fingerprint density at radius 1 is 1.04 bits per heavy atom. The molecule has 0 saturated carbocycles. The van der Waals surface area contributed by atoms with Crippen LogP contribution in [0.15, 0.2) is 24.3 Å². The van der Waals surface area contributed by atoms with Crippen LogP contribution in [-0.2, 0) is 0 Å². The first kappa shape index (κ1) is 18.5. The predicted octanol–water partition coefficient (Wildman–Crippen LogP) is 4.24. The van der Waals surface area contributed by atoms with Gasteiger partial charge in [0.2, 0.25) is 0 Å². The van der Waals surface area contributed by atoms with E-state index in [0.717, 1.165) is 24.0 Å². The largest absolute Gasteiger partial charge is 0.314 e. The molecule has 2 heterocycles. The van der Waals surface area contributed by atoms with E-state index in [1.165, 1.54) is 17.4 Å². The van der Waals surface area contributed by atoms with Crippen LogP contribution in [0.4, 0.5) is 13.2 Å². The average Bonchev–Trinajstić information content (AvgIpc) is 2.95. The van der Waals surface area contributed by atoms with Crippen LogP contribution in [0.1, 0.15) is 16.5 Å². The molecule has 1 saturated heterocycles. The smallest absolute Gasteiger partial charge is 0.194 e. The summed E-state index contributed by atoms with van der Waals surface area (Å²) in [5, 5.41) is 3.22. The molecule has 1 N–H and O–H groups in total. The van der Waals surface area contributed by atoms with Crippen LogP contribution in [0.2, 0.25) is 4.34 Å². The number of rotatable bonds is 3. The van der Waals surface area contributed by atoms with Gasteiger partial charge in [-0.3, -0.25) is 4.90 Å². The van der Waals surface area contributed by atoms with Crippen LogP contribution < -0.4 is 5.32 Å². The van der Waals surface area contributed by atoms with Crippen molar-refractivity contribution in [3.05, 3.63) is 56.5 Å². The van der Waals surface area contributed by atoms with Crippen molar-refractivity contribution in [2.45, 2.75) is 6.04 Å². The van der Waals surface area contributed by atoms with Crippen molar-refractivity contribution >= 4 is 35.3 Å². The van der Waals surface area contributed by atoms with Gasteiger partial charge < -0.3 is 5.32 Å². The number of hydrogen-bond donors (Lipinski definition) is 1. The van der Waals surface area contributed by atoms with E-state index in [1.807, 2.05) is 0 Å². The standard InChI is InChI=1S/C15H14ClF3N2S.ClH/c16-12-4-3-11(22-12)15(21-7-5-20-6-8-21)9-1-2-10(17)14(19)13(9)18;/h1-4,15,20H,5-8H2;1H/t15-;/m1./s1. The Morgan fingerprint density at radius 2 is 1.74 bits per heavy atom. The van der Waals surface area contributed by atoms with Crippen molar-refractivity contribution < 1.29 is 13.2 Å². The molecule has 0 radical (unpaired) electrons. The van der Waals surface area contributed by atoms with E-state index in [-0.39, 0.29) is 18.0 Å². The van der Waals surface area contributed by atoms with Crippen molar-refractivity contribution in [2.24, 2.45) is 0 Å². The Labute approximate surface area is 147 Å². The number of nitrogens with one attached hydrogen (secondary N) is 1. The Morgan fingerprint density at radius 3 is 2.35 bits per heavy atom. The Kier molecular flexibility index (Phi) is 6.33. The molecule has 0 aliphatic carbocycles. The number of piperazine rings is 1. The van der Waals surface area contributed by atoms with E-state index in [0.29, 0.717) is 17.4 Å². The second-order valence-electron chi connectivity index (χ2n) is 5.09. The molecule has 1 aliphatic rings. The van der Waals surface area contributed by atoms with Crippen molar-refractivity contribution in [3.63, 3.8) is 0 Å². The molecule has 0 unspecified atom stereocenters. The molecule has 126 valence electrons. The Bertz CT molecular complexity index is 675. The molecule has 8 heteroatoms. The average molecular weight is 383 g/mol. The molecule has 23 heavy (non-hydrogen) atoms. The van der Waals surface area contributed by atoms with E-state index in [2.05, 4.69) is 10.2 Å². The summed E-state index contributed by atoms with van der Waals surface area (Å²) in [7, 11) is 0. The van der Waals surface area contributed by atoms with Gasteiger partial charge in [0.05, 0.1) is 10.4 Å². The Hall–Kier alpha value is -0.790. The van der Waals surface area contributed by atoms with Gasteiger partial charge in [-0.25, -0.2) is 13.2 Å². The lowest BCUT2D eigenvalue weighted by atomic mass is 10.0. The summed E-state index contributed by atoms with van der Waals surface area (Å²) < 4.78 is 41.7. The van der Waals surface area contributed by atoms with Crippen molar-refractivity contribution in [2.75, 3.05) is 26.2 Å². The first-order valence-corrected chi connectivity index (χ1v) is 8.11. The van der Waals surface area contributed by atoms with Crippen LogP contribution in [0.5, 0.6) is 0 Å². The van der Waals surface area contributed by atoms with Crippen LogP contribution in [0.25, 0.3) is 0 Å². The van der Waals surface area contributed by atoms with E-state index in [1.54, 1.807) is 12.1 Å². The molecule has 1 aromatic carbocycles. The van der Waals surface area contributed by atoms with Crippen LogP contribution >= 0.6 is 35.3 Å². The van der Waals surface area contributed by atoms with Gasteiger partial charge in [0.15, 0.2) is 17.5 Å². The fourth-order valence-electron chi connectivity index (χ4n) is 2.70. The summed E-state index contributed by atoms with van der Waals surface area (Å²) in [5.74, 6) is -3.74. The lowest BCUT2D eigenvalue weighted by Gasteiger charge is -2.34. The maximum Gasteiger partial charge on any atom is 0.194 e. The molecule has 2 aromatic rings. The fraction of sp³-hybridized carbons (Fsp3) is 0.333. The van der Waals surface area contributed by atoms with E-state index in [9.17, 15) is 13.2 Å². The number of hydrogen-bond acceptors (Lipinski definition) is 3. The minimum absolute atomic E-state index is 0. The quantitative estimate of drug-likeness (QED) is 0.798. The van der Waals surface area contributed by atoms with Gasteiger partial charge in [-0.1, -0.05) is 17.7 Å². The fourth-order valence-corrected chi connectivity index (χ4v) is 3.91. The SMILES string of the molecule is Cl.Fc1ccc([C@H](c2ccc(Cl)s2)N2CCNCC2)c(F)c1F. The molecule has 1 fully saturated rings. The second kappa shape index (κ2) is 7.85. The van der Waals surface area contributed by atoms with Crippen molar-refractivity contribution in [1.82, 2.24) is 10.2 Å². The van der Waals surface area contributed by atoms with Crippen LogP contribution in [-0.4, -0.2) is 31.1 Å². The van der Waals surface area contributed by atoms with Gasteiger partial charge in [0.1, 0.15) is 0 Å². The third kappa shape index (κ3) is 3.83. The lowest BCUT2D eigenvalue weighted by molar-refractivity contribution is 0.196. The normalized spacial score (nSPS) is 16.9. The zero-order chi connectivity index (χ0) is 15.7. The number of thiophene rings is 1. The van der Waals surface area contributed by atoms with Gasteiger partial charge in [-0.15, -0.1) is 23.7 Å². The molecule has 1 aromatic heterocycles. The highest BCUT2D eigenvalue weighted by molar-refractivity contribution is 7.16. The van der Waals surface area contributed by atoms with E-state index < -0.39 is 23.5 Å². The molecule has 0 bridgehead atoms. The molecular weight excluding hydrogens is 368 g/mol. The molecule has 1 atom stereocenters.